The minimum atomic E-state index is -0.0431. The molecular formula is C24H32N4O3. The van der Waals surface area contributed by atoms with Crippen LogP contribution >= 0.6 is 0 Å². The molecule has 7 nitrogen and oxygen atoms in total. The average Bonchev–Trinajstić information content (AvgIpc) is 3.21. The van der Waals surface area contributed by atoms with Gasteiger partial charge in [0, 0.05) is 38.2 Å². The van der Waals surface area contributed by atoms with Gasteiger partial charge in [-0.05, 0) is 37.1 Å². The highest BCUT2D eigenvalue weighted by molar-refractivity contribution is 5.85. The third-order valence-corrected chi connectivity index (χ3v) is 5.44. The van der Waals surface area contributed by atoms with E-state index in [9.17, 15) is 4.79 Å². The molecule has 2 aromatic carbocycles. The summed E-state index contributed by atoms with van der Waals surface area (Å²) in [6.45, 7) is 3.53. The second-order valence-corrected chi connectivity index (χ2v) is 7.87. The molecule has 2 unspecified atom stereocenters. The number of carbonyl (C=O) groups is 1. The Hall–Kier alpha value is -3.22. The van der Waals surface area contributed by atoms with Crippen LogP contribution in [0.2, 0.25) is 0 Å². The van der Waals surface area contributed by atoms with Gasteiger partial charge in [0.05, 0.1) is 13.7 Å². The highest BCUT2D eigenvalue weighted by atomic mass is 16.5. The number of nitrogens with one attached hydrogen (secondary N) is 2. The van der Waals surface area contributed by atoms with Gasteiger partial charge in [-0.15, -0.1) is 0 Å². The van der Waals surface area contributed by atoms with Gasteiger partial charge in [-0.25, -0.2) is 4.99 Å². The maximum absolute atomic E-state index is 12.0. The molecule has 166 valence electrons. The number of likely N-dealkylation sites (N-methyl/N-ethyl adjacent to an activating group) is 1. The molecule has 1 heterocycles. The standard InChI is InChI=1S/C24H32N4O3/c1-17(21-16-31-22-8-6-5-7-20(21)22)27-24(26-15-23(29)28(2)3)25-14-13-18-9-11-19(30-4)12-10-18/h5-12,17,21H,13-16H2,1-4H3,(H2,25,26,27). The molecule has 31 heavy (non-hydrogen) atoms. The van der Waals surface area contributed by atoms with E-state index in [4.69, 9.17) is 9.47 Å². The minimum Gasteiger partial charge on any atom is -0.497 e. The summed E-state index contributed by atoms with van der Waals surface area (Å²) in [5.41, 5.74) is 2.40. The lowest BCUT2D eigenvalue weighted by Crippen LogP contribution is -2.46. The van der Waals surface area contributed by atoms with Gasteiger partial charge in [0.2, 0.25) is 5.91 Å². The molecule has 0 fully saturated rings. The molecule has 0 saturated carbocycles. The van der Waals surface area contributed by atoms with Crippen molar-refractivity contribution in [3.05, 3.63) is 59.7 Å². The first-order valence-electron chi connectivity index (χ1n) is 10.6. The van der Waals surface area contributed by atoms with E-state index < -0.39 is 0 Å². The maximum Gasteiger partial charge on any atom is 0.243 e. The number of hydrogen-bond acceptors (Lipinski definition) is 4. The molecule has 0 aromatic heterocycles. The third kappa shape index (κ3) is 6.13. The van der Waals surface area contributed by atoms with Crippen molar-refractivity contribution in [2.75, 3.05) is 40.9 Å². The normalized spacial score (nSPS) is 16.1. The van der Waals surface area contributed by atoms with Crippen LogP contribution < -0.4 is 20.1 Å². The van der Waals surface area contributed by atoms with Crippen LogP contribution in [-0.4, -0.2) is 63.7 Å². The predicted molar refractivity (Wildman–Crippen MR) is 123 cm³/mol. The number of para-hydroxylation sites is 1. The lowest BCUT2D eigenvalue weighted by atomic mass is 9.94. The van der Waals surface area contributed by atoms with E-state index in [2.05, 4.69) is 40.7 Å². The summed E-state index contributed by atoms with van der Waals surface area (Å²) >= 11 is 0. The molecule has 0 spiro atoms. The Morgan fingerprint density at radius 3 is 2.68 bits per heavy atom. The number of amides is 1. The van der Waals surface area contributed by atoms with Gasteiger partial charge >= 0.3 is 0 Å². The van der Waals surface area contributed by atoms with Crippen LogP contribution in [0.25, 0.3) is 0 Å². The third-order valence-electron chi connectivity index (χ3n) is 5.44. The SMILES string of the molecule is COc1ccc(CCNC(=NCC(=O)N(C)C)NC(C)C2COc3ccccc32)cc1. The number of carbonyl (C=O) groups excluding carboxylic acids is 1. The number of methoxy groups -OCH3 is 1. The van der Waals surface area contributed by atoms with Crippen LogP contribution in [0.15, 0.2) is 53.5 Å². The fourth-order valence-electron chi connectivity index (χ4n) is 3.48. The zero-order valence-corrected chi connectivity index (χ0v) is 18.7. The first kappa shape index (κ1) is 22.5. The van der Waals surface area contributed by atoms with Crippen molar-refractivity contribution in [3.8, 4) is 11.5 Å². The van der Waals surface area contributed by atoms with Crippen molar-refractivity contribution in [3.63, 3.8) is 0 Å². The van der Waals surface area contributed by atoms with Crippen molar-refractivity contribution < 1.29 is 14.3 Å². The van der Waals surface area contributed by atoms with Crippen molar-refractivity contribution >= 4 is 11.9 Å². The second-order valence-electron chi connectivity index (χ2n) is 7.87. The molecule has 2 N–H and O–H groups in total. The summed E-state index contributed by atoms with van der Waals surface area (Å²) in [6.07, 6.45) is 0.829. The van der Waals surface area contributed by atoms with E-state index in [0.29, 0.717) is 19.1 Å². The summed E-state index contributed by atoms with van der Waals surface area (Å²) in [7, 11) is 5.13. The molecule has 7 heteroatoms. The van der Waals surface area contributed by atoms with Crippen LogP contribution in [0.5, 0.6) is 11.5 Å². The Morgan fingerprint density at radius 2 is 1.97 bits per heavy atom. The summed E-state index contributed by atoms with van der Waals surface area (Å²) in [6, 6.07) is 16.2. The Labute approximate surface area is 184 Å². The van der Waals surface area contributed by atoms with E-state index in [-0.39, 0.29) is 24.4 Å². The van der Waals surface area contributed by atoms with E-state index in [1.165, 1.54) is 11.1 Å². The number of guanidine groups is 1. The molecule has 3 rings (SSSR count). The van der Waals surface area contributed by atoms with E-state index in [1.807, 2.05) is 30.3 Å². The number of nitrogens with zero attached hydrogens (tertiary/aromatic N) is 2. The number of fused-ring (bicyclic) bond motifs is 1. The van der Waals surface area contributed by atoms with Crippen LogP contribution in [-0.2, 0) is 11.2 Å². The summed E-state index contributed by atoms with van der Waals surface area (Å²) in [4.78, 5) is 18.1. The number of benzene rings is 2. The van der Waals surface area contributed by atoms with Gasteiger partial charge in [-0.3, -0.25) is 4.79 Å². The molecule has 1 aliphatic heterocycles. The minimum absolute atomic E-state index is 0.0431. The second kappa shape index (κ2) is 10.7. The monoisotopic (exact) mass is 424 g/mol. The highest BCUT2D eigenvalue weighted by Gasteiger charge is 2.29. The molecule has 0 saturated heterocycles. The number of ether oxygens (including phenoxy) is 2. The summed E-state index contributed by atoms with van der Waals surface area (Å²) in [5, 5.41) is 6.83. The van der Waals surface area contributed by atoms with Gasteiger partial charge in [0.25, 0.3) is 0 Å². The number of aliphatic imine (C=N–C) groups is 1. The molecule has 0 radical (unpaired) electrons. The topological polar surface area (TPSA) is 75.2 Å². The van der Waals surface area contributed by atoms with Crippen molar-refractivity contribution in [1.82, 2.24) is 15.5 Å². The van der Waals surface area contributed by atoms with Crippen LogP contribution in [0.3, 0.4) is 0 Å². The van der Waals surface area contributed by atoms with Gasteiger partial charge < -0.3 is 25.0 Å². The molecule has 1 amide bonds. The van der Waals surface area contributed by atoms with Crippen LogP contribution in [0.1, 0.15) is 24.0 Å². The van der Waals surface area contributed by atoms with E-state index in [0.717, 1.165) is 17.9 Å². The maximum atomic E-state index is 12.0. The molecule has 0 bridgehead atoms. The number of hydrogen-bond donors (Lipinski definition) is 2. The van der Waals surface area contributed by atoms with E-state index >= 15 is 0 Å². The Bertz CT molecular complexity index is 896. The smallest absolute Gasteiger partial charge is 0.243 e. The summed E-state index contributed by atoms with van der Waals surface area (Å²) in [5.74, 6) is 2.58. The fraction of sp³-hybridized carbons (Fsp3) is 0.417. The molecule has 2 aromatic rings. The lowest BCUT2D eigenvalue weighted by molar-refractivity contribution is -0.127. The van der Waals surface area contributed by atoms with Gasteiger partial charge in [0.15, 0.2) is 5.96 Å². The number of rotatable bonds is 8. The quantitative estimate of drug-likeness (QED) is 0.503. The largest absolute Gasteiger partial charge is 0.497 e. The fourth-order valence-corrected chi connectivity index (χ4v) is 3.48. The first-order chi connectivity index (χ1) is 15.0. The van der Waals surface area contributed by atoms with Crippen LogP contribution in [0, 0.1) is 0 Å². The predicted octanol–water partition coefficient (Wildman–Crippen LogP) is 2.43. The van der Waals surface area contributed by atoms with Crippen LogP contribution in [0.4, 0.5) is 0 Å². The Balaban J connectivity index is 1.63. The Kier molecular flexibility index (Phi) is 7.76. The highest BCUT2D eigenvalue weighted by Crippen LogP contribution is 2.35. The zero-order chi connectivity index (χ0) is 22.2. The van der Waals surface area contributed by atoms with Crippen molar-refractivity contribution in [2.24, 2.45) is 4.99 Å². The lowest BCUT2D eigenvalue weighted by Gasteiger charge is -2.23. The molecule has 0 aliphatic carbocycles. The van der Waals surface area contributed by atoms with Crippen molar-refractivity contribution in [2.45, 2.75) is 25.3 Å². The Morgan fingerprint density at radius 1 is 1.23 bits per heavy atom. The van der Waals surface area contributed by atoms with Gasteiger partial charge in [-0.2, -0.15) is 0 Å². The molecule has 2 atom stereocenters. The van der Waals surface area contributed by atoms with E-state index in [1.54, 1.807) is 26.1 Å². The first-order valence-corrected chi connectivity index (χ1v) is 10.6. The molecular weight excluding hydrogens is 392 g/mol. The zero-order valence-electron chi connectivity index (χ0n) is 18.7. The summed E-state index contributed by atoms with van der Waals surface area (Å²) < 4.78 is 11.0. The van der Waals surface area contributed by atoms with Crippen molar-refractivity contribution in [1.29, 1.82) is 0 Å². The van der Waals surface area contributed by atoms with Gasteiger partial charge in [0.1, 0.15) is 18.0 Å². The average molecular weight is 425 g/mol. The van der Waals surface area contributed by atoms with Gasteiger partial charge in [-0.1, -0.05) is 30.3 Å². The molecule has 1 aliphatic rings.